The van der Waals surface area contributed by atoms with Crippen LogP contribution in [0.25, 0.3) is 33.1 Å². The Morgan fingerprint density at radius 1 is 0.912 bits per heavy atom. The smallest absolute Gasteiger partial charge is 0.288 e. The van der Waals surface area contributed by atoms with Crippen molar-refractivity contribution in [1.82, 2.24) is 20.8 Å². The van der Waals surface area contributed by atoms with Crippen molar-refractivity contribution in [1.29, 1.82) is 0 Å². The molecule has 0 saturated carbocycles. The van der Waals surface area contributed by atoms with E-state index < -0.39 is 5.91 Å². The van der Waals surface area contributed by atoms with Crippen LogP contribution in [0.15, 0.2) is 84.9 Å². The summed E-state index contributed by atoms with van der Waals surface area (Å²) in [7, 11) is 1.59. The Kier molecular flexibility index (Phi) is 5.80. The first-order valence-corrected chi connectivity index (χ1v) is 11.0. The highest BCUT2D eigenvalue weighted by atomic mass is 32.1. The van der Waals surface area contributed by atoms with E-state index in [1.165, 1.54) is 0 Å². The second kappa shape index (κ2) is 9.21. The quantitative estimate of drug-likeness (QED) is 0.219. The number of anilines is 1. The summed E-state index contributed by atoms with van der Waals surface area (Å²) in [6, 6.07) is 26.9. The molecule has 0 unspecified atom stereocenters. The number of hydrazine groups is 1. The molecule has 5 rings (SSSR count). The molecule has 0 fully saturated rings. The summed E-state index contributed by atoms with van der Waals surface area (Å²) in [4.78, 5) is 21.2. The number of thiocarbonyl (C=S) groups is 1. The van der Waals surface area contributed by atoms with Crippen LogP contribution in [0, 0.1) is 0 Å². The Hall–Kier alpha value is -4.43. The van der Waals surface area contributed by atoms with E-state index in [0.717, 1.165) is 33.1 Å². The monoisotopic (exact) mass is 467 g/mol. The van der Waals surface area contributed by atoms with Crippen LogP contribution in [0.5, 0.6) is 5.75 Å². The zero-order valence-corrected chi connectivity index (χ0v) is 19.1. The molecule has 4 N–H and O–H groups in total. The lowest BCUT2D eigenvalue weighted by Gasteiger charge is -2.13. The number of methoxy groups -OCH3 is 1. The molecule has 0 aliphatic rings. The van der Waals surface area contributed by atoms with Gasteiger partial charge in [0.1, 0.15) is 11.4 Å². The van der Waals surface area contributed by atoms with Crippen LogP contribution < -0.4 is 20.9 Å². The fourth-order valence-electron chi connectivity index (χ4n) is 3.81. The van der Waals surface area contributed by atoms with Crippen LogP contribution in [0.4, 0.5) is 5.69 Å². The van der Waals surface area contributed by atoms with Crippen molar-refractivity contribution in [2.24, 2.45) is 0 Å². The number of fused-ring (bicyclic) bond motifs is 3. The molecule has 0 saturated heterocycles. The number of amides is 1. The van der Waals surface area contributed by atoms with E-state index in [1.54, 1.807) is 19.2 Å². The summed E-state index contributed by atoms with van der Waals surface area (Å²) in [5.41, 5.74) is 9.86. The number of hydrogen-bond acceptors (Lipinski definition) is 4. The molecule has 3 aromatic carbocycles. The van der Waals surface area contributed by atoms with Crippen LogP contribution in [0.1, 0.15) is 10.5 Å². The zero-order chi connectivity index (χ0) is 23.5. The van der Waals surface area contributed by atoms with Gasteiger partial charge >= 0.3 is 0 Å². The highest BCUT2D eigenvalue weighted by Crippen LogP contribution is 2.32. The number of ether oxygens (including phenoxy) is 1. The summed E-state index contributed by atoms with van der Waals surface area (Å²) in [6.07, 6.45) is 0. The van der Waals surface area contributed by atoms with E-state index in [-0.39, 0.29) is 10.8 Å². The molecule has 0 atom stereocenters. The maximum Gasteiger partial charge on any atom is 0.288 e. The number of H-pyrrole nitrogens is 1. The van der Waals surface area contributed by atoms with Gasteiger partial charge in [0.25, 0.3) is 5.91 Å². The zero-order valence-electron chi connectivity index (χ0n) is 18.3. The van der Waals surface area contributed by atoms with Gasteiger partial charge in [-0.05, 0) is 36.5 Å². The molecule has 0 aliphatic carbocycles. The summed E-state index contributed by atoms with van der Waals surface area (Å²) < 4.78 is 5.21. The Bertz CT molecular complexity index is 1510. The molecule has 168 valence electrons. The Morgan fingerprint density at radius 3 is 2.53 bits per heavy atom. The molecule has 0 bridgehead atoms. The van der Waals surface area contributed by atoms with E-state index in [1.807, 2.05) is 72.8 Å². The van der Waals surface area contributed by atoms with E-state index >= 15 is 0 Å². The third-order valence-corrected chi connectivity index (χ3v) is 5.60. The van der Waals surface area contributed by atoms with Gasteiger partial charge in [-0.25, -0.2) is 4.98 Å². The van der Waals surface area contributed by atoms with Crippen molar-refractivity contribution < 1.29 is 9.53 Å². The van der Waals surface area contributed by atoms with Crippen molar-refractivity contribution >= 4 is 50.7 Å². The van der Waals surface area contributed by atoms with Crippen molar-refractivity contribution in [3.05, 3.63) is 90.6 Å². The van der Waals surface area contributed by atoms with Gasteiger partial charge in [0.2, 0.25) is 0 Å². The van der Waals surface area contributed by atoms with Crippen molar-refractivity contribution in [2.75, 3.05) is 12.4 Å². The van der Waals surface area contributed by atoms with Crippen LogP contribution >= 0.6 is 12.2 Å². The molecule has 5 aromatic rings. The minimum atomic E-state index is -0.404. The molecular formula is C26H21N5O2S. The molecule has 8 heteroatoms. The van der Waals surface area contributed by atoms with Gasteiger partial charge in [0, 0.05) is 33.6 Å². The highest BCUT2D eigenvalue weighted by molar-refractivity contribution is 7.80. The second-order valence-corrected chi connectivity index (χ2v) is 7.99. The molecule has 1 amide bonds. The minimum Gasteiger partial charge on any atom is -0.497 e. The van der Waals surface area contributed by atoms with E-state index in [2.05, 4.69) is 26.1 Å². The average Bonchev–Trinajstić information content (AvgIpc) is 3.26. The summed E-state index contributed by atoms with van der Waals surface area (Å²) in [5.74, 6) is 0.292. The number of benzene rings is 3. The van der Waals surface area contributed by atoms with Crippen molar-refractivity contribution in [3.63, 3.8) is 0 Å². The summed E-state index contributed by atoms with van der Waals surface area (Å²) in [6.45, 7) is 0. The third-order valence-electron chi connectivity index (χ3n) is 5.39. The van der Waals surface area contributed by atoms with Gasteiger partial charge in [0.15, 0.2) is 5.11 Å². The van der Waals surface area contributed by atoms with Crippen LogP contribution in [-0.2, 0) is 0 Å². The first kappa shape index (κ1) is 21.4. The Balaban J connectivity index is 1.43. The third kappa shape index (κ3) is 4.26. The molecule has 0 radical (unpaired) electrons. The Morgan fingerprint density at radius 2 is 1.71 bits per heavy atom. The van der Waals surface area contributed by atoms with Crippen molar-refractivity contribution in [2.45, 2.75) is 0 Å². The maximum absolute atomic E-state index is 13.0. The maximum atomic E-state index is 13.0. The molecular weight excluding hydrogens is 446 g/mol. The lowest BCUT2D eigenvalue weighted by atomic mass is 10.1. The van der Waals surface area contributed by atoms with E-state index in [0.29, 0.717) is 11.4 Å². The number of pyridine rings is 1. The highest BCUT2D eigenvalue weighted by Gasteiger charge is 2.17. The van der Waals surface area contributed by atoms with Gasteiger partial charge < -0.3 is 15.0 Å². The van der Waals surface area contributed by atoms with Gasteiger partial charge in [-0.1, -0.05) is 54.6 Å². The number of nitrogens with one attached hydrogen (secondary N) is 4. The number of aromatic amines is 1. The number of carbonyl (C=O) groups excluding carboxylic acids is 1. The predicted octanol–water partition coefficient (Wildman–Crippen LogP) is 5.02. The normalized spacial score (nSPS) is 10.7. The summed E-state index contributed by atoms with van der Waals surface area (Å²) in [5, 5.41) is 5.19. The van der Waals surface area contributed by atoms with E-state index in [9.17, 15) is 4.79 Å². The lowest BCUT2D eigenvalue weighted by Crippen LogP contribution is -2.44. The van der Waals surface area contributed by atoms with Crippen molar-refractivity contribution in [3.8, 4) is 17.0 Å². The van der Waals surface area contributed by atoms with Gasteiger partial charge in [-0.15, -0.1) is 0 Å². The topological polar surface area (TPSA) is 91.1 Å². The second-order valence-electron chi connectivity index (χ2n) is 7.58. The molecule has 7 nitrogen and oxygen atoms in total. The predicted molar refractivity (Wildman–Crippen MR) is 139 cm³/mol. The Labute approximate surface area is 201 Å². The average molecular weight is 468 g/mol. The number of rotatable bonds is 4. The summed E-state index contributed by atoms with van der Waals surface area (Å²) >= 11 is 5.31. The molecule has 2 heterocycles. The molecule has 34 heavy (non-hydrogen) atoms. The standard InChI is InChI=1S/C26H21N5O2S/c1-33-18-11-7-10-17(14-18)27-26(34)31-30-25(32)22-15-20-19-12-5-6-13-21(19)28-24(20)23(29-22)16-8-3-2-4-9-16/h2-15,28H,1H3,(H,30,32)(H2,27,31,34). The fraction of sp³-hybridized carbons (Fsp3) is 0.0385. The first-order chi connectivity index (χ1) is 16.6. The van der Waals surface area contributed by atoms with Gasteiger partial charge in [0.05, 0.1) is 18.3 Å². The van der Waals surface area contributed by atoms with Crippen LogP contribution in [-0.4, -0.2) is 28.1 Å². The minimum absolute atomic E-state index is 0.234. The fourth-order valence-corrected chi connectivity index (χ4v) is 3.98. The van der Waals surface area contributed by atoms with Gasteiger partial charge in [-0.3, -0.25) is 15.6 Å². The van der Waals surface area contributed by atoms with Crippen LogP contribution in [0.3, 0.4) is 0 Å². The number of carbonyl (C=O) groups is 1. The lowest BCUT2D eigenvalue weighted by molar-refractivity contribution is 0.0939. The van der Waals surface area contributed by atoms with Gasteiger partial charge in [-0.2, -0.15) is 0 Å². The van der Waals surface area contributed by atoms with Crippen LogP contribution in [0.2, 0.25) is 0 Å². The number of aromatic nitrogens is 2. The molecule has 2 aromatic heterocycles. The molecule has 0 spiro atoms. The number of para-hydroxylation sites is 1. The van der Waals surface area contributed by atoms with E-state index in [4.69, 9.17) is 17.0 Å². The largest absolute Gasteiger partial charge is 0.497 e. The number of nitrogens with zero attached hydrogens (tertiary/aromatic N) is 1. The molecule has 0 aliphatic heterocycles. The number of hydrogen-bond donors (Lipinski definition) is 4. The SMILES string of the molecule is COc1cccc(NC(=S)NNC(=O)c2cc3c([nH]c4ccccc43)c(-c3ccccc3)n2)c1. The first-order valence-electron chi connectivity index (χ1n) is 10.6.